The first kappa shape index (κ1) is 22.2. The van der Waals surface area contributed by atoms with Gasteiger partial charge in [-0.1, -0.05) is 49.3 Å². The Bertz CT molecular complexity index is 1040. The Kier molecular flexibility index (Phi) is 7.02. The Hall–Kier alpha value is -2.96. The summed E-state index contributed by atoms with van der Waals surface area (Å²) in [7, 11) is 0. The van der Waals surface area contributed by atoms with Gasteiger partial charge in [0.1, 0.15) is 17.0 Å². The molecule has 3 aromatic rings. The molecule has 0 spiro atoms. The van der Waals surface area contributed by atoms with Gasteiger partial charge in [-0.2, -0.15) is 4.98 Å². The van der Waals surface area contributed by atoms with E-state index >= 15 is 0 Å². The third kappa shape index (κ3) is 5.44. The third-order valence-electron chi connectivity index (χ3n) is 6.09. The number of benzene rings is 1. The van der Waals surface area contributed by atoms with E-state index in [1.54, 1.807) is 0 Å². The summed E-state index contributed by atoms with van der Waals surface area (Å²) in [5.41, 5.74) is 2.61. The van der Waals surface area contributed by atoms with Gasteiger partial charge in [-0.25, -0.2) is 4.98 Å². The molecule has 0 radical (unpaired) electrons. The van der Waals surface area contributed by atoms with Gasteiger partial charge in [0.2, 0.25) is 5.91 Å². The molecule has 1 fully saturated rings. The molecule has 1 aliphatic heterocycles. The minimum absolute atomic E-state index is 0.0253. The number of nitrogens with one attached hydrogen (secondary N) is 1. The number of carbonyl (C=O) groups excluding carboxylic acids is 1. The predicted octanol–water partition coefficient (Wildman–Crippen LogP) is 4.09. The SMILES string of the molecule is Cc1noc2nc(CCC(=O)NCCCc3ccccc3)nc(N3C[C@H](C)C[C@H](C)C3)c12. The van der Waals surface area contributed by atoms with E-state index in [1.807, 2.05) is 25.1 Å². The highest BCUT2D eigenvalue weighted by Crippen LogP contribution is 2.31. The van der Waals surface area contributed by atoms with Crippen LogP contribution in [0.4, 0.5) is 5.82 Å². The molecule has 0 bridgehead atoms. The first-order valence-electron chi connectivity index (χ1n) is 11.7. The summed E-state index contributed by atoms with van der Waals surface area (Å²) in [6.45, 7) is 9.09. The molecule has 170 valence electrons. The standard InChI is InChI=1S/C25H33N5O2/c1-17-14-18(2)16-30(15-17)24-23-19(3)29-32-25(23)28-21(27-24)11-12-22(31)26-13-7-10-20-8-5-4-6-9-20/h4-6,8-9,17-18H,7,10-16H2,1-3H3,(H,26,31)/t17-,18+. The molecule has 7 heteroatoms. The molecule has 1 N–H and O–H groups in total. The topological polar surface area (TPSA) is 84.1 Å². The maximum atomic E-state index is 12.4. The summed E-state index contributed by atoms with van der Waals surface area (Å²) in [6.07, 6.45) is 3.94. The zero-order valence-corrected chi connectivity index (χ0v) is 19.3. The second-order valence-electron chi connectivity index (χ2n) is 9.20. The van der Waals surface area contributed by atoms with E-state index in [4.69, 9.17) is 9.51 Å². The first-order valence-corrected chi connectivity index (χ1v) is 11.7. The van der Waals surface area contributed by atoms with Crippen LogP contribution in [0.15, 0.2) is 34.9 Å². The van der Waals surface area contributed by atoms with Crippen molar-refractivity contribution < 1.29 is 9.32 Å². The smallest absolute Gasteiger partial charge is 0.263 e. The molecule has 1 saturated heterocycles. The van der Waals surface area contributed by atoms with E-state index in [0.29, 0.717) is 42.8 Å². The number of aromatic nitrogens is 3. The number of piperidine rings is 1. The fraction of sp³-hybridized carbons (Fsp3) is 0.520. The maximum Gasteiger partial charge on any atom is 0.263 e. The van der Waals surface area contributed by atoms with E-state index in [2.05, 4.69) is 46.3 Å². The van der Waals surface area contributed by atoms with Crippen LogP contribution in [-0.4, -0.2) is 40.7 Å². The zero-order valence-electron chi connectivity index (χ0n) is 19.3. The van der Waals surface area contributed by atoms with Gasteiger partial charge in [0, 0.05) is 32.5 Å². The number of rotatable bonds is 8. The fourth-order valence-corrected chi connectivity index (χ4v) is 4.67. The normalized spacial score (nSPS) is 18.8. The minimum Gasteiger partial charge on any atom is -0.356 e. The van der Waals surface area contributed by atoms with Crippen LogP contribution in [0.1, 0.15) is 50.2 Å². The van der Waals surface area contributed by atoms with Crippen molar-refractivity contribution >= 4 is 22.8 Å². The molecule has 7 nitrogen and oxygen atoms in total. The quantitative estimate of drug-likeness (QED) is 0.537. The van der Waals surface area contributed by atoms with Crippen molar-refractivity contribution in [3.63, 3.8) is 0 Å². The number of carbonyl (C=O) groups is 1. The van der Waals surface area contributed by atoms with E-state index in [9.17, 15) is 4.79 Å². The van der Waals surface area contributed by atoms with Gasteiger partial charge in [-0.3, -0.25) is 4.79 Å². The highest BCUT2D eigenvalue weighted by Gasteiger charge is 2.27. The van der Waals surface area contributed by atoms with Gasteiger partial charge in [-0.05, 0) is 43.6 Å². The fourth-order valence-electron chi connectivity index (χ4n) is 4.67. The summed E-state index contributed by atoms with van der Waals surface area (Å²) in [5.74, 6) is 2.76. The lowest BCUT2D eigenvalue weighted by atomic mass is 9.92. The number of aryl methyl sites for hydroxylation is 3. The summed E-state index contributed by atoms with van der Waals surface area (Å²) in [6, 6.07) is 10.3. The number of amides is 1. The average molecular weight is 436 g/mol. The molecular formula is C25H33N5O2. The Balaban J connectivity index is 1.37. The molecule has 0 aliphatic carbocycles. The van der Waals surface area contributed by atoms with Gasteiger partial charge in [0.25, 0.3) is 5.71 Å². The second kappa shape index (κ2) is 10.1. The number of hydrogen-bond donors (Lipinski definition) is 1. The molecular weight excluding hydrogens is 402 g/mol. The number of nitrogens with zero attached hydrogens (tertiary/aromatic N) is 4. The summed E-state index contributed by atoms with van der Waals surface area (Å²) < 4.78 is 5.47. The van der Waals surface area contributed by atoms with Crippen molar-refractivity contribution in [3.8, 4) is 0 Å². The van der Waals surface area contributed by atoms with Crippen LogP contribution in [0.5, 0.6) is 0 Å². The zero-order chi connectivity index (χ0) is 22.5. The molecule has 4 rings (SSSR count). The molecule has 2 aromatic heterocycles. The van der Waals surface area contributed by atoms with Gasteiger partial charge in [0.15, 0.2) is 0 Å². The van der Waals surface area contributed by atoms with Crippen molar-refractivity contribution in [1.82, 2.24) is 20.4 Å². The van der Waals surface area contributed by atoms with Crippen molar-refractivity contribution in [2.45, 2.75) is 52.9 Å². The van der Waals surface area contributed by atoms with Crippen LogP contribution >= 0.6 is 0 Å². The van der Waals surface area contributed by atoms with Crippen LogP contribution in [0.2, 0.25) is 0 Å². The predicted molar refractivity (Wildman–Crippen MR) is 126 cm³/mol. The van der Waals surface area contributed by atoms with Crippen molar-refractivity contribution in [3.05, 3.63) is 47.4 Å². The van der Waals surface area contributed by atoms with Crippen LogP contribution in [0.25, 0.3) is 11.1 Å². The lowest BCUT2D eigenvalue weighted by molar-refractivity contribution is -0.121. The Labute approximate surface area is 189 Å². The highest BCUT2D eigenvalue weighted by molar-refractivity contribution is 5.88. The van der Waals surface area contributed by atoms with Crippen LogP contribution in [0, 0.1) is 18.8 Å². The number of fused-ring (bicyclic) bond motifs is 1. The van der Waals surface area contributed by atoms with E-state index in [0.717, 1.165) is 42.8 Å². The number of anilines is 1. The van der Waals surface area contributed by atoms with Gasteiger partial charge < -0.3 is 14.7 Å². The van der Waals surface area contributed by atoms with Crippen molar-refractivity contribution in [2.24, 2.45) is 11.8 Å². The van der Waals surface area contributed by atoms with E-state index in [-0.39, 0.29) is 5.91 Å². The van der Waals surface area contributed by atoms with Crippen molar-refractivity contribution in [2.75, 3.05) is 24.5 Å². The molecule has 1 amide bonds. The molecule has 0 saturated carbocycles. The molecule has 1 aliphatic rings. The van der Waals surface area contributed by atoms with Crippen LogP contribution in [-0.2, 0) is 17.6 Å². The second-order valence-corrected chi connectivity index (χ2v) is 9.20. The first-order chi connectivity index (χ1) is 15.5. The molecule has 3 heterocycles. The van der Waals surface area contributed by atoms with Crippen LogP contribution in [0.3, 0.4) is 0 Å². The summed E-state index contributed by atoms with van der Waals surface area (Å²) in [4.78, 5) is 24.1. The largest absolute Gasteiger partial charge is 0.356 e. The average Bonchev–Trinajstić information content (AvgIpc) is 3.15. The summed E-state index contributed by atoms with van der Waals surface area (Å²) >= 11 is 0. The molecule has 2 atom stereocenters. The summed E-state index contributed by atoms with van der Waals surface area (Å²) in [5, 5.41) is 8.02. The highest BCUT2D eigenvalue weighted by atomic mass is 16.5. The third-order valence-corrected chi connectivity index (χ3v) is 6.09. The van der Waals surface area contributed by atoms with Crippen molar-refractivity contribution in [1.29, 1.82) is 0 Å². The Morgan fingerprint density at radius 1 is 1.12 bits per heavy atom. The maximum absolute atomic E-state index is 12.4. The monoisotopic (exact) mass is 435 g/mol. The lowest BCUT2D eigenvalue weighted by Crippen LogP contribution is -2.39. The lowest BCUT2D eigenvalue weighted by Gasteiger charge is -2.36. The minimum atomic E-state index is 0.0253. The van der Waals surface area contributed by atoms with E-state index < -0.39 is 0 Å². The Morgan fingerprint density at radius 3 is 2.62 bits per heavy atom. The van der Waals surface area contributed by atoms with Gasteiger partial charge in [0.05, 0.1) is 5.69 Å². The van der Waals surface area contributed by atoms with Gasteiger partial charge >= 0.3 is 0 Å². The molecule has 0 unspecified atom stereocenters. The van der Waals surface area contributed by atoms with Gasteiger partial charge in [-0.15, -0.1) is 0 Å². The molecule has 1 aromatic carbocycles. The van der Waals surface area contributed by atoms with E-state index in [1.165, 1.54) is 12.0 Å². The van der Waals surface area contributed by atoms with Crippen LogP contribution < -0.4 is 10.2 Å². The molecule has 32 heavy (non-hydrogen) atoms. The number of hydrogen-bond acceptors (Lipinski definition) is 6. The Morgan fingerprint density at radius 2 is 1.88 bits per heavy atom.